The molecule has 1 amide bonds. The topological polar surface area (TPSA) is 46.9 Å². The Hall–Kier alpha value is -2.17. The van der Waals surface area contributed by atoms with Gasteiger partial charge in [-0.2, -0.15) is 5.10 Å². The minimum atomic E-state index is -0.382. The van der Waals surface area contributed by atoms with Crippen molar-refractivity contribution >= 4 is 11.6 Å². The lowest BCUT2D eigenvalue weighted by atomic mass is 10.2. The summed E-state index contributed by atoms with van der Waals surface area (Å²) in [6, 6.07) is 5.86. The van der Waals surface area contributed by atoms with E-state index in [1.165, 1.54) is 16.8 Å². The van der Waals surface area contributed by atoms with E-state index in [0.717, 1.165) is 5.56 Å². The molecular formula is C12H12FN3O. The highest BCUT2D eigenvalue weighted by Gasteiger charge is 2.10. The third-order valence-electron chi connectivity index (χ3n) is 2.39. The van der Waals surface area contributed by atoms with Crippen LogP contribution in [0, 0.1) is 12.7 Å². The summed E-state index contributed by atoms with van der Waals surface area (Å²) in [6.07, 6.45) is 1.67. The van der Waals surface area contributed by atoms with Gasteiger partial charge in [0.15, 0.2) is 5.69 Å². The third-order valence-corrected chi connectivity index (χ3v) is 2.39. The average Bonchev–Trinajstić information content (AvgIpc) is 2.70. The van der Waals surface area contributed by atoms with Crippen LogP contribution < -0.4 is 5.32 Å². The van der Waals surface area contributed by atoms with Gasteiger partial charge in [0.2, 0.25) is 0 Å². The van der Waals surface area contributed by atoms with Gasteiger partial charge in [-0.15, -0.1) is 0 Å². The second-order valence-corrected chi connectivity index (χ2v) is 3.79. The number of hydrogen-bond donors (Lipinski definition) is 1. The molecule has 0 saturated heterocycles. The molecule has 1 aromatic heterocycles. The summed E-state index contributed by atoms with van der Waals surface area (Å²) in [6.45, 7) is 1.80. The molecule has 0 unspecified atom stereocenters. The van der Waals surface area contributed by atoms with E-state index in [9.17, 15) is 9.18 Å². The summed E-state index contributed by atoms with van der Waals surface area (Å²) >= 11 is 0. The molecule has 0 aliphatic rings. The van der Waals surface area contributed by atoms with Crippen LogP contribution in [0.15, 0.2) is 30.5 Å². The van der Waals surface area contributed by atoms with E-state index in [2.05, 4.69) is 10.4 Å². The predicted octanol–water partition coefficient (Wildman–Crippen LogP) is 2.12. The SMILES string of the molecule is Cc1ccc(F)cc1NC(=O)c1ccn(C)n1. The molecule has 0 fully saturated rings. The highest BCUT2D eigenvalue weighted by atomic mass is 19.1. The minimum Gasteiger partial charge on any atom is -0.320 e. The quantitative estimate of drug-likeness (QED) is 0.863. The number of aromatic nitrogens is 2. The lowest BCUT2D eigenvalue weighted by molar-refractivity contribution is 0.102. The number of carbonyl (C=O) groups excluding carboxylic acids is 1. The first kappa shape index (κ1) is 11.3. The minimum absolute atomic E-state index is 0.302. The summed E-state index contributed by atoms with van der Waals surface area (Å²) in [4.78, 5) is 11.8. The summed E-state index contributed by atoms with van der Waals surface area (Å²) in [7, 11) is 1.73. The Balaban J connectivity index is 2.21. The molecule has 0 aliphatic carbocycles. The monoisotopic (exact) mass is 233 g/mol. The largest absolute Gasteiger partial charge is 0.320 e. The first-order valence-corrected chi connectivity index (χ1v) is 5.13. The molecule has 0 spiro atoms. The molecule has 0 radical (unpaired) electrons. The van der Waals surface area contributed by atoms with Crippen LogP contribution in [0.1, 0.15) is 16.1 Å². The van der Waals surface area contributed by atoms with Crippen molar-refractivity contribution in [1.82, 2.24) is 9.78 Å². The van der Waals surface area contributed by atoms with Crippen LogP contribution in [0.5, 0.6) is 0 Å². The molecule has 2 aromatic rings. The Morgan fingerprint density at radius 2 is 2.18 bits per heavy atom. The van der Waals surface area contributed by atoms with E-state index in [-0.39, 0.29) is 11.7 Å². The fourth-order valence-corrected chi connectivity index (χ4v) is 1.45. The summed E-state index contributed by atoms with van der Waals surface area (Å²) in [5.41, 5.74) is 1.56. The summed E-state index contributed by atoms with van der Waals surface area (Å²) < 4.78 is 14.6. The maximum absolute atomic E-state index is 13.0. The van der Waals surface area contributed by atoms with Crippen molar-refractivity contribution in [3.63, 3.8) is 0 Å². The van der Waals surface area contributed by atoms with Crippen molar-refractivity contribution in [1.29, 1.82) is 0 Å². The number of nitrogens with one attached hydrogen (secondary N) is 1. The lowest BCUT2D eigenvalue weighted by Gasteiger charge is -2.06. The van der Waals surface area contributed by atoms with Crippen LogP contribution in [0.3, 0.4) is 0 Å². The second kappa shape index (κ2) is 4.37. The molecular weight excluding hydrogens is 221 g/mol. The lowest BCUT2D eigenvalue weighted by Crippen LogP contribution is -2.14. The van der Waals surface area contributed by atoms with Crippen molar-refractivity contribution in [3.8, 4) is 0 Å². The van der Waals surface area contributed by atoms with Gasteiger partial charge in [-0.1, -0.05) is 6.07 Å². The molecule has 17 heavy (non-hydrogen) atoms. The third kappa shape index (κ3) is 2.50. The molecule has 0 aliphatic heterocycles. The average molecular weight is 233 g/mol. The van der Waals surface area contributed by atoms with E-state index in [4.69, 9.17) is 0 Å². The number of halogens is 1. The number of benzene rings is 1. The van der Waals surface area contributed by atoms with Gasteiger partial charge in [0.1, 0.15) is 5.82 Å². The van der Waals surface area contributed by atoms with E-state index >= 15 is 0 Å². The number of carbonyl (C=O) groups is 1. The number of hydrogen-bond acceptors (Lipinski definition) is 2. The van der Waals surface area contributed by atoms with Crippen LogP contribution in [-0.4, -0.2) is 15.7 Å². The fourth-order valence-electron chi connectivity index (χ4n) is 1.45. The maximum atomic E-state index is 13.0. The number of nitrogens with zero attached hydrogens (tertiary/aromatic N) is 2. The van der Waals surface area contributed by atoms with Gasteiger partial charge in [-0.3, -0.25) is 9.48 Å². The zero-order chi connectivity index (χ0) is 12.4. The van der Waals surface area contributed by atoms with E-state index in [0.29, 0.717) is 11.4 Å². The molecule has 1 heterocycles. The van der Waals surface area contributed by atoms with Crippen molar-refractivity contribution in [3.05, 3.63) is 47.5 Å². The second-order valence-electron chi connectivity index (χ2n) is 3.79. The molecule has 88 valence electrons. The van der Waals surface area contributed by atoms with Gasteiger partial charge in [0, 0.05) is 18.9 Å². The normalized spacial score (nSPS) is 10.3. The predicted molar refractivity (Wildman–Crippen MR) is 62.3 cm³/mol. The van der Waals surface area contributed by atoms with Crippen molar-refractivity contribution < 1.29 is 9.18 Å². The first-order valence-electron chi connectivity index (χ1n) is 5.13. The fraction of sp³-hybridized carbons (Fsp3) is 0.167. The molecule has 2 rings (SSSR count). The van der Waals surface area contributed by atoms with Crippen LogP contribution >= 0.6 is 0 Å². The Morgan fingerprint density at radius 1 is 1.41 bits per heavy atom. The zero-order valence-electron chi connectivity index (χ0n) is 9.57. The van der Waals surface area contributed by atoms with Crippen molar-refractivity contribution in [2.24, 2.45) is 7.05 Å². The molecule has 0 atom stereocenters. The maximum Gasteiger partial charge on any atom is 0.276 e. The molecule has 1 N–H and O–H groups in total. The van der Waals surface area contributed by atoms with Gasteiger partial charge < -0.3 is 5.32 Å². The van der Waals surface area contributed by atoms with Gasteiger partial charge in [0.05, 0.1) is 0 Å². The molecule has 0 saturated carbocycles. The number of anilines is 1. The van der Waals surface area contributed by atoms with Crippen LogP contribution in [0.2, 0.25) is 0 Å². The molecule has 0 bridgehead atoms. The Morgan fingerprint density at radius 3 is 2.82 bits per heavy atom. The van der Waals surface area contributed by atoms with Gasteiger partial charge in [-0.25, -0.2) is 4.39 Å². The summed E-state index contributed by atoms with van der Waals surface area (Å²) in [5, 5.41) is 6.60. The van der Waals surface area contributed by atoms with Gasteiger partial charge in [-0.05, 0) is 30.7 Å². The van der Waals surface area contributed by atoms with Crippen LogP contribution in [0.4, 0.5) is 10.1 Å². The molecule has 5 heteroatoms. The Labute approximate surface area is 98.1 Å². The smallest absolute Gasteiger partial charge is 0.276 e. The Bertz CT molecular complexity index is 563. The number of amides is 1. The molecule has 4 nitrogen and oxygen atoms in total. The zero-order valence-corrected chi connectivity index (χ0v) is 9.57. The standard InChI is InChI=1S/C12H12FN3O/c1-8-3-4-9(13)7-11(8)14-12(17)10-5-6-16(2)15-10/h3-7H,1-2H3,(H,14,17). The van der Waals surface area contributed by atoms with E-state index < -0.39 is 0 Å². The van der Waals surface area contributed by atoms with E-state index in [1.54, 1.807) is 32.3 Å². The van der Waals surface area contributed by atoms with Gasteiger partial charge >= 0.3 is 0 Å². The first-order chi connectivity index (χ1) is 8.06. The highest BCUT2D eigenvalue weighted by Crippen LogP contribution is 2.16. The number of rotatable bonds is 2. The van der Waals surface area contributed by atoms with Crippen molar-refractivity contribution in [2.45, 2.75) is 6.92 Å². The van der Waals surface area contributed by atoms with Crippen LogP contribution in [-0.2, 0) is 7.05 Å². The van der Waals surface area contributed by atoms with Gasteiger partial charge in [0.25, 0.3) is 5.91 Å². The Kier molecular flexibility index (Phi) is 2.91. The highest BCUT2D eigenvalue weighted by molar-refractivity contribution is 6.03. The van der Waals surface area contributed by atoms with E-state index in [1.807, 2.05) is 0 Å². The number of aryl methyl sites for hydroxylation is 2. The van der Waals surface area contributed by atoms with Crippen molar-refractivity contribution in [2.75, 3.05) is 5.32 Å². The summed E-state index contributed by atoms with van der Waals surface area (Å²) in [5.74, 6) is -0.730. The molecule has 1 aromatic carbocycles. The van der Waals surface area contributed by atoms with Crippen LogP contribution in [0.25, 0.3) is 0 Å².